The fourth-order valence-electron chi connectivity index (χ4n) is 3.71. The van der Waals surface area contributed by atoms with Crippen LogP contribution in [0.25, 0.3) is 0 Å². The van der Waals surface area contributed by atoms with Gasteiger partial charge in [0, 0.05) is 39.0 Å². The number of hydrogen-bond donors (Lipinski definition) is 0. The van der Waals surface area contributed by atoms with Crippen LogP contribution in [0.2, 0.25) is 0 Å². The van der Waals surface area contributed by atoms with Gasteiger partial charge in [0.1, 0.15) is 18.2 Å². The van der Waals surface area contributed by atoms with Crippen molar-refractivity contribution >= 4 is 21.6 Å². The van der Waals surface area contributed by atoms with Crippen LogP contribution in [0.3, 0.4) is 0 Å². The Labute approximate surface area is 187 Å². The van der Waals surface area contributed by atoms with E-state index in [1.807, 2.05) is 11.9 Å². The molecule has 0 fully saturated rings. The summed E-state index contributed by atoms with van der Waals surface area (Å²) in [7, 11) is -1.22. The maximum absolute atomic E-state index is 14.4. The van der Waals surface area contributed by atoms with Crippen LogP contribution in [0.1, 0.15) is 12.0 Å². The second-order valence-electron chi connectivity index (χ2n) is 7.65. The van der Waals surface area contributed by atoms with Crippen LogP contribution in [-0.4, -0.2) is 70.5 Å². The molecule has 2 aromatic rings. The molecule has 1 amide bonds. The molecule has 2 aromatic carbocycles. The zero-order valence-corrected chi connectivity index (χ0v) is 18.9. The van der Waals surface area contributed by atoms with Crippen molar-refractivity contribution in [2.75, 3.05) is 51.8 Å². The number of benzene rings is 2. The first-order valence-electron chi connectivity index (χ1n) is 10.3. The van der Waals surface area contributed by atoms with Crippen molar-refractivity contribution in [3.05, 3.63) is 59.7 Å². The lowest BCUT2D eigenvalue weighted by Crippen LogP contribution is -2.38. The first kappa shape index (κ1) is 24.2. The number of halogens is 2. The molecule has 0 saturated carbocycles. The number of sulfonamides is 1. The average Bonchev–Trinajstić information content (AvgIpc) is 2.77. The number of fused-ring (bicyclic) bond motifs is 1. The Balaban J connectivity index is 2.08. The van der Waals surface area contributed by atoms with E-state index in [1.165, 1.54) is 7.11 Å². The minimum absolute atomic E-state index is 0.0347. The molecule has 1 aliphatic rings. The van der Waals surface area contributed by atoms with Gasteiger partial charge >= 0.3 is 0 Å². The van der Waals surface area contributed by atoms with Gasteiger partial charge in [-0.05, 0) is 43.8 Å². The standard InChI is InChI=1S/C22H27F2N3O4S/c1-25-11-6-12-27(21(28)16-31-2)20-10-4-3-7-17(20)15-26(14-13-25)32(29,30)22-18(23)8-5-9-19(22)24/h3-5,7-10H,6,11-16H2,1-2H3. The van der Waals surface area contributed by atoms with Gasteiger partial charge in [-0.3, -0.25) is 4.79 Å². The Morgan fingerprint density at radius 1 is 1.00 bits per heavy atom. The molecule has 7 nitrogen and oxygen atoms in total. The van der Waals surface area contributed by atoms with Crippen LogP contribution in [-0.2, 0) is 26.1 Å². The number of carbonyl (C=O) groups excluding carboxylic acids is 1. The minimum atomic E-state index is -4.49. The number of methoxy groups -OCH3 is 1. The van der Waals surface area contributed by atoms with E-state index < -0.39 is 26.6 Å². The molecular weight excluding hydrogens is 440 g/mol. The van der Waals surface area contributed by atoms with Crippen molar-refractivity contribution < 1.29 is 26.7 Å². The first-order chi connectivity index (χ1) is 15.3. The van der Waals surface area contributed by atoms with Crippen molar-refractivity contribution in [3.63, 3.8) is 0 Å². The smallest absolute Gasteiger partial charge is 0.252 e. The third-order valence-corrected chi connectivity index (χ3v) is 7.26. The van der Waals surface area contributed by atoms with E-state index >= 15 is 0 Å². The van der Waals surface area contributed by atoms with Crippen molar-refractivity contribution in [1.82, 2.24) is 9.21 Å². The molecule has 0 N–H and O–H groups in total. The highest BCUT2D eigenvalue weighted by Gasteiger charge is 2.32. The third-order valence-electron chi connectivity index (χ3n) is 5.37. The van der Waals surface area contributed by atoms with Gasteiger partial charge < -0.3 is 14.5 Å². The average molecular weight is 468 g/mol. The summed E-state index contributed by atoms with van der Waals surface area (Å²) >= 11 is 0. The van der Waals surface area contributed by atoms with Crippen molar-refractivity contribution in [2.24, 2.45) is 0 Å². The quantitative estimate of drug-likeness (QED) is 0.691. The van der Waals surface area contributed by atoms with Crippen molar-refractivity contribution in [2.45, 2.75) is 17.9 Å². The van der Waals surface area contributed by atoms with Gasteiger partial charge in [-0.25, -0.2) is 17.2 Å². The molecule has 10 heteroatoms. The monoisotopic (exact) mass is 467 g/mol. The Kier molecular flexibility index (Phi) is 7.94. The Hall–Kier alpha value is -2.40. The second-order valence-corrected chi connectivity index (χ2v) is 9.53. The van der Waals surface area contributed by atoms with Crippen molar-refractivity contribution in [3.8, 4) is 0 Å². The summed E-state index contributed by atoms with van der Waals surface area (Å²) < 4.78 is 61.5. The van der Waals surface area contributed by atoms with E-state index in [0.717, 1.165) is 22.5 Å². The van der Waals surface area contributed by atoms with E-state index in [9.17, 15) is 22.0 Å². The number of carbonyl (C=O) groups is 1. The van der Waals surface area contributed by atoms with Crippen LogP contribution < -0.4 is 4.90 Å². The van der Waals surface area contributed by atoms with Gasteiger partial charge in [0.25, 0.3) is 5.91 Å². The van der Waals surface area contributed by atoms with Crippen molar-refractivity contribution in [1.29, 1.82) is 0 Å². The highest BCUT2D eigenvalue weighted by atomic mass is 32.2. The first-order valence-corrected chi connectivity index (χ1v) is 11.7. The molecule has 3 rings (SSSR count). The van der Waals surface area contributed by atoms with Crippen LogP contribution in [0.4, 0.5) is 14.5 Å². The van der Waals surface area contributed by atoms with E-state index in [4.69, 9.17) is 4.74 Å². The molecule has 174 valence electrons. The number of para-hydroxylation sites is 1. The summed E-state index contributed by atoms with van der Waals surface area (Å²) in [5, 5.41) is 0. The molecule has 0 radical (unpaired) electrons. The molecule has 0 unspecified atom stereocenters. The lowest BCUT2D eigenvalue weighted by molar-refractivity contribution is -0.122. The number of ether oxygens (including phenoxy) is 1. The van der Waals surface area contributed by atoms with E-state index in [0.29, 0.717) is 37.3 Å². The van der Waals surface area contributed by atoms with Gasteiger partial charge in [0.2, 0.25) is 10.0 Å². The van der Waals surface area contributed by atoms with E-state index in [1.54, 1.807) is 29.2 Å². The van der Waals surface area contributed by atoms with Gasteiger partial charge in [0.05, 0.1) is 0 Å². The molecule has 0 atom stereocenters. The molecule has 0 spiro atoms. The zero-order chi connectivity index (χ0) is 23.3. The van der Waals surface area contributed by atoms with E-state index in [-0.39, 0.29) is 25.6 Å². The SMILES string of the molecule is COCC(=O)N1CCCN(C)CCN(S(=O)(=O)c2c(F)cccc2F)Cc2ccccc21. The predicted molar refractivity (Wildman–Crippen MR) is 117 cm³/mol. The summed E-state index contributed by atoms with van der Waals surface area (Å²) in [4.78, 5) is 15.3. The Bertz CT molecular complexity index is 1040. The molecule has 0 aliphatic carbocycles. The lowest BCUT2D eigenvalue weighted by atomic mass is 10.1. The van der Waals surface area contributed by atoms with Gasteiger partial charge in [-0.2, -0.15) is 4.31 Å². The molecule has 0 bridgehead atoms. The summed E-state index contributed by atoms with van der Waals surface area (Å²) in [6.45, 7) is 1.18. The molecule has 0 saturated heterocycles. The highest BCUT2D eigenvalue weighted by molar-refractivity contribution is 7.89. The van der Waals surface area contributed by atoms with Crippen LogP contribution in [0.15, 0.2) is 47.4 Å². The van der Waals surface area contributed by atoms with Crippen LogP contribution in [0.5, 0.6) is 0 Å². The molecule has 1 heterocycles. The Morgan fingerprint density at radius 2 is 1.69 bits per heavy atom. The number of amides is 1. The van der Waals surface area contributed by atoms with Gasteiger partial charge in [-0.1, -0.05) is 24.3 Å². The normalized spacial score (nSPS) is 16.9. The fourth-order valence-corrected chi connectivity index (χ4v) is 5.23. The summed E-state index contributed by atoms with van der Waals surface area (Å²) in [6, 6.07) is 9.91. The molecule has 0 aromatic heterocycles. The summed E-state index contributed by atoms with van der Waals surface area (Å²) in [6.07, 6.45) is 0.662. The highest BCUT2D eigenvalue weighted by Crippen LogP contribution is 2.28. The number of nitrogens with zero attached hydrogens (tertiary/aromatic N) is 3. The predicted octanol–water partition coefficient (Wildman–Crippen LogP) is 2.47. The topological polar surface area (TPSA) is 70.2 Å². The number of likely N-dealkylation sites (N-methyl/N-ethyl adjacent to an activating group) is 1. The van der Waals surface area contributed by atoms with Crippen LogP contribution in [0, 0.1) is 11.6 Å². The lowest BCUT2D eigenvalue weighted by Gasteiger charge is -2.27. The van der Waals surface area contributed by atoms with Gasteiger partial charge in [0.15, 0.2) is 4.90 Å². The minimum Gasteiger partial charge on any atom is -0.375 e. The molecule has 32 heavy (non-hydrogen) atoms. The van der Waals surface area contributed by atoms with Gasteiger partial charge in [-0.15, -0.1) is 0 Å². The van der Waals surface area contributed by atoms with E-state index in [2.05, 4.69) is 0 Å². The number of rotatable bonds is 4. The largest absolute Gasteiger partial charge is 0.375 e. The number of anilines is 1. The maximum atomic E-state index is 14.4. The maximum Gasteiger partial charge on any atom is 0.252 e. The molecule has 1 aliphatic heterocycles. The molecular formula is C22H27F2N3O4S. The zero-order valence-electron chi connectivity index (χ0n) is 18.1. The second kappa shape index (κ2) is 10.5. The number of hydrogen-bond acceptors (Lipinski definition) is 5. The summed E-state index contributed by atoms with van der Waals surface area (Å²) in [5.74, 6) is -2.54. The fraction of sp³-hybridized carbons (Fsp3) is 0.409. The van der Waals surface area contributed by atoms with Crippen LogP contribution >= 0.6 is 0 Å². The summed E-state index contributed by atoms with van der Waals surface area (Å²) in [5.41, 5.74) is 1.11. The Morgan fingerprint density at radius 3 is 2.38 bits per heavy atom. The third kappa shape index (κ3) is 5.32.